The van der Waals surface area contributed by atoms with Crippen LogP contribution in [0.15, 0.2) is 46.3 Å². The van der Waals surface area contributed by atoms with Crippen molar-refractivity contribution in [3.8, 4) is 22.2 Å². The predicted molar refractivity (Wildman–Crippen MR) is 102 cm³/mol. The maximum Gasteiger partial charge on any atom is 0.263 e. The number of ether oxygens (including phenoxy) is 2. The number of hydrogen-bond donors (Lipinski definition) is 0. The largest absolute Gasteiger partial charge is 0.493 e. The summed E-state index contributed by atoms with van der Waals surface area (Å²) in [5.74, 6) is 1.85. The maximum atomic E-state index is 12.8. The molecule has 0 saturated carbocycles. The minimum Gasteiger partial charge on any atom is -0.493 e. The molecule has 1 amide bonds. The molecular weight excluding hydrogens is 366 g/mol. The Kier molecular flexibility index (Phi) is 6.08. The third-order valence-corrected chi connectivity index (χ3v) is 4.82. The minimum absolute atomic E-state index is 0.167. The second kappa shape index (κ2) is 8.68. The molecule has 8 heteroatoms. The molecule has 142 valence electrons. The summed E-state index contributed by atoms with van der Waals surface area (Å²) >= 11 is 1.53. The standard InChI is InChI=1S/C19H21N3O4S/c1-4-22(12-17-20-18(21-26-17)16-10-7-11-27-16)19(23)13(2)25-15-9-6-5-8-14(15)24-3/h5-11,13H,4,12H2,1-3H3/t13-/m0/s1. The van der Waals surface area contributed by atoms with E-state index in [2.05, 4.69) is 10.1 Å². The summed E-state index contributed by atoms with van der Waals surface area (Å²) < 4.78 is 16.4. The molecule has 2 heterocycles. The molecule has 0 aliphatic heterocycles. The lowest BCUT2D eigenvalue weighted by molar-refractivity contribution is -0.138. The van der Waals surface area contributed by atoms with Crippen LogP contribution in [0.4, 0.5) is 0 Å². The molecule has 0 N–H and O–H groups in total. The van der Waals surface area contributed by atoms with E-state index in [0.29, 0.717) is 29.8 Å². The highest BCUT2D eigenvalue weighted by Gasteiger charge is 2.24. The summed E-state index contributed by atoms with van der Waals surface area (Å²) in [4.78, 5) is 19.7. The van der Waals surface area contributed by atoms with Crippen molar-refractivity contribution in [2.45, 2.75) is 26.5 Å². The number of thiophene rings is 1. The number of carbonyl (C=O) groups is 1. The van der Waals surface area contributed by atoms with E-state index < -0.39 is 6.10 Å². The highest BCUT2D eigenvalue weighted by Crippen LogP contribution is 2.27. The molecule has 0 unspecified atom stereocenters. The number of benzene rings is 1. The zero-order valence-corrected chi connectivity index (χ0v) is 16.2. The van der Waals surface area contributed by atoms with Gasteiger partial charge in [0.25, 0.3) is 5.91 Å². The first-order valence-corrected chi connectivity index (χ1v) is 9.45. The van der Waals surface area contributed by atoms with E-state index in [1.807, 2.05) is 36.6 Å². The number of nitrogens with zero attached hydrogens (tertiary/aromatic N) is 3. The predicted octanol–water partition coefficient (Wildman–Crippen LogP) is 3.62. The van der Waals surface area contributed by atoms with Gasteiger partial charge in [-0.15, -0.1) is 11.3 Å². The van der Waals surface area contributed by atoms with E-state index in [-0.39, 0.29) is 12.5 Å². The lowest BCUT2D eigenvalue weighted by atomic mass is 10.3. The second-order valence-electron chi connectivity index (χ2n) is 5.75. The van der Waals surface area contributed by atoms with E-state index in [1.165, 1.54) is 11.3 Å². The quantitative estimate of drug-likeness (QED) is 0.587. The van der Waals surface area contributed by atoms with Gasteiger partial charge >= 0.3 is 0 Å². The molecule has 0 bridgehead atoms. The van der Waals surface area contributed by atoms with Crippen molar-refractivity contribution < 1.29 is 18.8 Å². The number of likely N-dealkylation sites (N-methyl/N-ethyl adjacent to an activating group) is 1. The topological polar surface area (TPSA) is 77.7 Å². The summed E-state index contributed by atoms with van der Waals surface area (Å²) in [7, 11) is 1.56. The number of methoxy groups -OCH3 is 1. The van der Waals surface area contributed by atoms with Gasteiger partial charge in [0.15, 0.2) is 17.6 Å². The third-order valence-electron chi connectivity index (χ3n) is 3.95. The fraction of sp³-hybridized carbons (Fsp3) is 0.316. The van der Waals surface area contributed by atoms with Crippen molar-refractivity contribution in [2.24, 2.45) is 0 Å². The molecule has 0 radical (unpaired) electrons. The van der Waals surface area contributed by atoms with Gasteiger partial charge in [0, 0.05) is 6.54 Å². The first kappa shape index (κ1) is 18.9. The normalized spacial score (nSPS) is 11.8. The lowest BCUT2D eigenvalue weighted by Crippen LogP contribution is -2.40. The Morgan fingerprint density at radius 2 is 2.04 bits per heavy atom. The van der Waals surface area contributed by atoms with Gasteiger partial charge in [-0.25, -0.2) is 0 Å². The van der Waals surface area contributed by atoms with Gasteiger partial charge in [0.1, 0.15) is 6.54 Å². The molecule has 0 fully saturated rings. The smallest absolute Gasteiger partial charge is 0.263 e. The van der Waals surface area contributed by atoms with Crippen LogP contribution in [0.1, 0.15) is 19.7 Å². The van der Waals surface area contributed by atoms with Crippen molar-refractivity contribution >= 4 is 17.2 Å². The molecule has 2 aromatic heterocycles. The van der Waals surface area contributed by atoms with Gasteiger partial charge in [-0.2, -0.15) is 4.98 Å². The Morgan fingerprint density at radius 3 is 2.70 bits per heavy atom. The third kappa shape index (κ3) is 4.46. The van der Waals surface area contributed by atoms with Crippen LogP contribution in [0.3, 0.4) is 0 Å². The SMILES string of the molecule is CCN(Cc1nc(-c2cccs2)no1)C(=O)[C@H](C)Oc1ccccc1OC. The van der Waals surface area contributed by atoms with Gasteiger partial charge in [0.05, 0.1) is 12.0 Å². The van der Waals surface area contributed by atoms with Gasteiger partial charge in [0.2, 0.25) is 11.7 Å². The molecule has 0 aliphatic rings. The maximum absolute atomic E-state index is 12.8. The van der Waals surface area contributed by atoms with Gasteiger partial charge in [-0.3, -0.25) is 4.79 Å². The summed E-state index contributed by atoms with van der Waals surface area (Å²) in [5.41, 5.74) is 0. The fourth-order valence-corrected chi connectivity index (χ4v) is 3.20. The van der Waals surface area contributed by atoms with E-state index >= 15 is 0 Å². The van der Waals surface area contributed by atoms with Crippen molar-refractivity contribution in [1.82, 2.24) is 15.0 Å². The van der Waals surface area contributed by atoms with Gasteiger partial charge in [-0.05, 0) is 37.4 Å². The van der Waals surface area contributed by atoms with Crippen LogP contribution < -0.4 is 9.47 Å². The van der Waals surface area contributed by atoms with Crippen LogP contribution in [0, 0.1) is 0 Å². The number of para-hydroxylation sites is 2. The van der Waals surface area contributed by atoms with Crippen LogP contribution in [0.25, 0.3) is 10.7 Å². The average molecular weight is 387 g/mol. The van der Waals surface area contributed by atoms with E-state index in [0.717, 1.165) is 4.88 Å². The molecule has 0 saturated heterocycles. The highest BCUT2D eigenvalue weighted by molar-refractivity contribution is 7.13. The summed E-state index contributed by atoms with van der Waals surface area (Å²) in [6, 6.07) is 11.1. The van der Waals surface area contributed by atoms with Crippen LogP contribution in [-0.2, 0) is 11.3 Å². The number of carbonyl (C=O) groups excluding carboxylic acids is 1. The van der Waals surface area contributed by atoms with Crippen LogP contribution in [0.5, 0.6) is 11.5 Å². The lowest BCUT2D eigenvalue weighted by Gasteiger charge is -2.24. The Morgan fingerprint density at radius 1 is 1.26 bits per heavy atom. The second-order valence-corrected chi connectivity index (χ2v) is 6.70. The Labute approximate surface area is 161 Å². The van der Waals surface area contributed by atoms with Crippen LogP contribution in [0.2, 0.25) is 0 Å². The molecular formula is C19H21N3O4S. The average Bonchev–Trinajstić information content (AvgIpc) is 3.37. The number of amides is 1. The zero-order valence-electron chi connectivity index (χ0n) is 15.4. The molecule has 27 heavy (non-hydrogen) atoms. The zero-order chi connectivity index (χ0) is 19.2. The van der Waals surface area contributed by atoms with Crippen molar-refractivity contribution in [3.63, 3.8) is 0 Å². The van der Waals surface area contributed by atoms with Crippen LogP contribution >= 0.6 is 11.3 Å². The molecule has 1 atom stereocenters. The summed E-state index contributed by atoms with van der Waals surface area (Å²) in [5, 5.41) is 5.93. The first-order valence-electron chi connectivity index (χ1n) is 8.57. The number of hydrogen-bond acceptors (Lipinski definition) is 7. The Bertz CT molecular complexity index is 879. The summed E-state index contributed by atoms with van der Waals surface area (Å²) in [6.45, 7) is 4.33. The van der Waals surface area contributed by atoms with E-state index in [4.69, 9.17) is 14.0 Å². The molecule has 1 aromatic carbocycles. The van der Waals surface area contributed by atoms with Crippen molar-refractivity contribution in [2.75, 3.05) is 13.7 Å². The van der Waals surface area contributed by atoms with E-state index in [1.54, 1.807) is 31.1 Å². The molecule has 3 aromatic rings. The van der Waals surface area contributed by atoms with Gasteiger partial charge < -0.3 is 18.9 Å². The first-order chi connectivity index (χ1) is 13.1. The highest BCUT2D eigenvalue weighted by atomic mass is 32.1. The molecule has 0 spiro atoms. The summed E-state index contributed by atoms with van der Waals surface area (Å²) in [6.07, 6.45) is -0.680. The van der Waals surface area contributed by atoms with Crippen LogP contribution in [-0.4, -0.2) is 40.7 Å². The fourth-order valence-electron chi connectivity index (χ4n) is 2.55. The van der Waals surface area contributed by atoms with Gasteiger partial charge in [-0.1, -0.05) is 23.4 Å². The van der Waals surface area contributed by atoms with Crippen molar-refractivity contribution in [3.05, 3.63) is 47.7 Å². The monoisotopic (exact) mass is 387 g/mol. The van der Waals surface area contributed by atoms with E-state index in [9.17, 15) is 4.79 Å². The molecule has 0 aliphatic carbocycles. The van der Waals surface area contributed by atoms with Crippen molar-refractivity contribution in [1.29, 1.82) is 0 Å². The number of aromatic nitrogens is 2. The minimum atomic E-state index is -0.680. The molecule has 3 rings (SSSR count). The number of rotatable bonds is 8. The Balaban J connectivity index is 1.66. The molecule has 7 nitrogen and oxygen atoms in total. The Hall–Kier alpha value is -2.87.